The van der Waals surface area contributed by atoms with E-state index in [1.165, 1.54) is 6.26 Å². The van der Waals surface area contributed by atoms with Crippen molar-refractivity contribution in [3.63, 3.8) is 0 Å². The Labute approximate surface area is 125 Å². The van der Waals surface area contributed by atoms with Crippen LogP contribution >= 0.6 is 0 Å². The zero-order chi connectivity index (χ0) is 14.9. The van der Waals surface area contributed by atoms with Gasteiger partial charge in [-0.1, -0.05) is 18.2 Å². The summed E-state index contributed by atoms with van der Waals surface area (Å²) in [4.78, 5) is 8.59. The van der Waals surface area contributed by atoms with Crippen LogP contribution in [0.15, 0.2) is 69.8 Å². The summed E-state index contributed by atoms with van der Waals surface area (Å²) in [5.41, 5.74) is 2.36. The maximum atomic E-state index is 10.4. The fourth-order valence-corrected chi connectivity index (χ4v) is 2.37. The highest BCUT2D eigenvalue weighted by Gasteiger charge is 2.20. The van der Waals surface area contributed by atoms with Crippen LogP contribution in [0.25, 0.3) is 22.7 Å². The number of benzene rings is 1. The molecule has 108 valence electrons. The average molecular weight is 292 g/mol. The fourth-order valence-electron chi connectivity index (χ4n) is 2.37. The van der Waals surface area contributed by atoms with Gasteiger partial charge in [-0.15, -0.1) is 0 Å². The summed E-state index contributed by atoms with van der Waals surface area (Å²) in [5.74, 6) is 0.923. The van der Waals surface area contributed by atoms with Crippen LogP contribution in [0.5, 0.6) is 0 Å². The number of nitrogens with zero attached hydrogens (tertiary/aromatic N) is 2. The Bertz CT molecular complexity index is 898. The van der Waals surface area contributed by atoms with Gasteiger partial charge in [-0.05, 0) is 30.3 Å². The first kappa shape index (κ1) is 12.8. The zero-order valence-corrected chi connectivity index (χ0v) is 11.5. The molecule has 1 unspecified atom stereocenters. The summed E-state index contributed by atoms with van der Waals surface area (Å²) in [6, 6.07) is 14.7. The molecular weight excluding hydrogens is 280 g/mol. The van der Waals surface area contributed by atoms with Crippen molar-refractivity contribution in [1.29, 1.82) is 0 Å². The van der Waals surface area contributed by atoms with Gasteiger partial charge in [-0.3, -0.25) is 0 Å². The second-order valence-electron chi connectivity index (χ2n) is 4.86. The lowest BCUT2D eigenvalue weighted by Gasteiger charge is -2.07. The number of furan rings is 1. The Balaban J connectivity index is 1.85. The first-order valence-corrected chi connectivity index (χ1v) is 6.85. The van der Waals surface area contributed by atoms with E-state index in [0.29, 0.717) is 28.4 Å². The van der Waals surface area contributed by atoms with E-state index in [4.69, 9.17) is 8.83 Å². The molecule has 0 amide bonds. The SMILES string of the molecule is OC(c1ccco1)c1ccnc2nc(-c3ccccc3)oc12. The normalized spacial score (nSPS) is 12.6. The maximum absolute atomic E-state index is 10.4. The smallest absolute Gasteiger partial charge is 0.228 e. The third kappa shape index (κ3) is 2.08. The molecule has 1 aromatic carbocycles. The molecule has 3 aromatic heterocycles. The number of aliphatic hydroxyl groups is 1. The molecular formula is C17H12N2O3. The molecule has 3 heterocycles. The van der Waals surface area contributed by atoms with Crippen LogP contribution in [0, 0.1) is 0 Å². The van der Waals surface area contributed by atoms with Crippen molar-refractivity contribution in [3.05, 3.63) is 72.3 Å². The van der Waals surface area contributed by atoms with Crippen LogP contribution < -0.4 is 0 Å². The van der Waals surface area contributed by atoms with E-state index in [9.17, 15) is 5.11 Å². The minimum Gasteiger partial charge on any atom is -0.466 e. The molecule has 5 heteroatoms. The standard InChI is InChI=1S/C17H12N2O3/c20-14(13-7-4-10-21-13)12-8-9-18-16-15(12)22-17(19-16)11-5-2-1-3-6-11/h1-10,14,20H. The monoisotopic (exact) mass is 292 g/mol. The van der Waals surface area contributed by atoms with E-state index in [-0.39, 0.29) is 0 Å². The predicted octanol–water partition coefficient (Wildman–Crippen LogP) is 3.56. The number of hydrogen-bond donors (Lipinski definition) is 1. The van der Waals surface area contributed by atoms with Crippen LogP contribution in [-0.4, -0.2) is 15.1 Å². The minimum absolute atomic E-state index is 0.449. The van der Waals surface area contributed by atoms with Gasteiger partial charge in [0, 0.05) is 17.3 Å². The fraction of sp³-hybridized carbons (Fsp3) is 0.0588. The van der Waals surface area contributed by atoms with E-state index in [1.807, 2.05) is 30.3 Å². The largest absolute Gasteiger partial charge is 0.466 e. The van der Waals surface area contributed by atoms with E-state index in [2.05, 4.69) is 9.97 Å². The third-order valence-electron chi connectivity index (χ3n) is 3.45. The second-order valence-corrected chi connectivity index (χ2v) is 4.86. The van der Waals surface area contributed by atoms with Gasteiger partial charge >= 0.3 is 0 Å². The summed E-state index contributed by atoms with van der Waals surface area (Å²) in [6.07, 6.45) is 2.20. The summed E-state index contributed by atoms with van der Waals surface area (Å²) in [7, 11) is 0. The average Bonchev–Trinajstić information content (AvgIpc) is 3.24. The summed E-state index contributed by atoms with van der Waals surface area (Å²) >= 11 is 0. The van der Waals surface area contributed by atoms with Crippen LogP contribution in [0.1, 0.15) is 17.4 Å². The molecule has 0 fully saturated rings. The number of rotatable bonds is 3. The summed E-state index contributed by atoms with van der Waals surface area (Å²) < 4.78 is 11.1. The highest BCUT2D eigenvalue weighted by atomic mass is 16.4. The lowest BCUT2D eigenvalue weighted by atomic mass is 10.1. The Morgan fingerprint density at radius 2 is 1.86 bits per heavy atom. The minimum atomic E-state index is -0.919. The maximum Gasteiger partial charge on any atom is 0.228 e. The lowest BCUT2D eigenvalue weighted by molar-refractivity contribution is 0.189. The van der Waals surface area contributed by atoms with Crippen molar-refractivity contribution in [2.45, 2.75) is 6.10 Å². The van der Waals surface area contributed by atoms with Gasteiger partial charge in [0.1, 0.15) is 11.9 Å². The van der Waals surface area contributed by atoms with Crippen LogP contribution in [0.2, 0.25) is 0 Å². The quantitative estimate of drug-likeness (QED) is 0.625. The molecule has 0 spiro atoms. The van der Waals surface area contributed by atoms with Gasteiger partial charge in [0.25, 0.3) is 0 Å². The molecule has 0 saturated heterocycles. The van der Waals surface area contributed by atoms with E-state index in [0.717, 1.165) is 5.56 Å². The van der Waals surface area contributed by atoms with Gasteiger partial charge in [-0.2, -0.15) is 4.98 Å². The molecule has 22 heavy (non-hydrogen) atoms. The molecule has 4 rings (SSSR count). The number of aliphatic hydroxyl groups excluding tert-OH is 1. The highest BCUT2D eigenvalue weighted by molar-refractivity contribution is 5.76. The van der Waals surface area contributed by atoms with Crippen LogP contribution in [-0.2, 0) is 0 Å². The van der Waals surface area contributed by atoms with Gasteiger partial charge in [0.15, 0.2) is 11.2 Å². The number of pyridine rings is 1. The number of hydrogen-bond acceptors (Lipinski definition) is 5. The molecule has 0 bridgehead atoms. The number of fused-ring (bicyclic) bond motifs is 1. The topological polar surface area (TPSA) is 72.3 Å². The number of oxazole rings is 1. The van der Waals surface area contributed by atoms with E-state index < -0.39 is 6.10 Å². The van der Waals surface area contributed by atoms with Gasteiger partial charge in [0.05, 0.1) is 6.26 Å². The van der Waals surface area contributed by atoms with Crippen LogP contribution in [0.3, 0.4) is 0 Å². The van der Waals surface area contributed by atoms with Crippen molar-refractivity contribution in [3.8, 4) is 11.5 Å². The first-order chi connectivity index (χ1) is 10.8. The van der Waals surface area contributed by atoms with Crippen molar-refractivity contribution >= 4 is 11.2 Å². The van der Waals surface area contributed by atoms with Gasteiger partial charge in [0.2, 0.25) is 5.89 Å². The Morgan fingerprint density at radius 1 is 1.00 bits per heavy atom. The first-order valence-electron chi connectivity index (χ1n) is 6.85. The van der Waals surface area contributed by atoms with Crippen LogP contribution in [0.4, 0.5) is 0 Å². The second kappa shape index (κ2) is 5.13. The molecule has 4 aromatic rings. The molecule has 0 aliphatic carbocycles. The lowest BCUT2D eigenvalue weighted by Crippen LogP contribution is -1.98. The Hall–Kier alpha value is -2.92. The van der Waals surface area contributed by atoms with Crippen molar-refractivity contribution < 1.29 is 13.9 Å². The molecule has 0 radical (unpaired) electrons. The Morgan fingerprint density at radius 3 is 2.64 bits per heavy atom. The van der Waals surface area contributed by atoms with Crippen molar-refractivity contribution in [2.75, 3.05) is 0 Å². The third-order valence-corrected chi connectivity index (χ3v) is 3.45. The van der Waals surface area contributed by atoms with E-state index in [1.54, 1.807) is 24.4 Å². The Kier molecular flexibility index (Phi) is 2.98. The predicted molar refractivity (Wildman–Crippen MR) is 80.0 cm³/mol. The molecule has 0 aliphatic heterocycles. The molecule has 0 saturated carbocycles. The van der Waals surface area contributed by atoms with Gasteiger partial charge in [-0.25, -0.2) is 4.98 Å². The highest BCUT2D eigenvalue weighted by Crippen LogP contribution is 2.31. The zero-order valence-electron chi connectivity index (χ0n) is 11.5. The van der Waals surface area contributed by atoms with Crippen molar-refractivity contribution in [2.24, 2.45) is 0 Å². The molecule has 5 nitrogen and oxygen atoms in total. The summed E-state index contributed by atoms with van der Waals surface area (Å²) in [5, 5.41) is 10.4. The van der Waals surface area contributed by atoms with E-state index >= 15 is 0 Å². The molecule has 0 aliphatic rings. The van der Waals surface area contributed by atoms with Gasteiger partial charge < -0.3 is 13.9 Å². The molecule has 1 atom stereocenters. The summed E-state index contributed by atoms with van der Waals surface area (Å²) in [6.45, 7) is 0. The molecule has 1 N–H and O–H groups in total. The van der Waals surface area contributed by atoms with Crippen molar-refractivity contribution in [1.82, 2.24) is 9.97 Å². The number of aromatic nitrogens is 2.